The molecule has 5 heteroatoms. The number of aromatic nitrogens is 3. The number of hydrogen-bond donors (Lipinski definition) is 1. The summed E-state index contributed by atoms with van der Waals surface area (Å²) in [4.78, 5) is 12.4. The zero-order chi connectivity index (χ0) is 12.7. The number of aryl methyl sites for hydroxylation is 1. The van der Waals surface area contributed by atoms with Crippen molar-refractivity contribution in [2.75, 3.05) is 5.73 Å². The molecule has 3 rings (SSSR count). The van der Waals surface area contributed by atoms with Crippen LogP contribution in [0.25, 0.3) is 10.9 Å². The molecule has 18 heavy (non-hydrogen) atoms. The van der Waals surface area contributed by atoms with Gasteiger partial charge < -0.3 is 5.73 Å². The maximum atomic E-state index is 12.4. The number of fused-ring (bicyclic) bond motifs is 1. The maximum Gasteiger partial charge on any atom is 0.280 e. The van der Waals surface area contributed by atoms with Crippen molar-refractivity contribution in [1.82, 2.24) is 14.3 Å². The molecule has 1 aromatic carbocycles. The van der Waals surface area contributed by atoms with E-state index >= 15 is 0 Å². The molecule has 0 aliphatic rings. The zero-order valence-corrected chi connectivity index (χ0v) is 9.87. The number of hydrogen-bond acceptors (Lipinski definition) is 3. The van der Waals surface area contributed by atoms with Gasteiger partial charge in [0.2, 0.25) is 0 Å². The molecule has 2 aromatic heterocycles. The van der Waals surface area contributed by atoms with Crippen LogP contribution in [0.2, 0.25) is 0 Å². The fourth-order valence-electron chi connectivity index (χ4n) is 2.10. The summed E-state index contributed by atoms with van der Waals surface area (Å²) in [5.74, 6) is -0.136. The van der Waals surface area contributed by atoms with Crippen LogP contribution < -0.4 is 5.73 Å². The molecule has 3 aromatic rings. The van der Waals surface area contributed by atoms with Gasteiger partial charge in [0, 0.05) is 24.8 Å². The van der Waals surface area contributed by atoms with Crippen LogP contribution in [0.3, 0.4) is 0 Å². The van der Waals surface area contributed by atoms with Gasteiger partial charge in [-0.1, -0.05) is 12.1 Å². The summed E-state index contributed by atoms with van der Waals surface area (Å²) in [6.07, 6.45) is 3.33. The van der Waals surface area contributed by atoms with Gasteiger partial charge in [-0.25, -0.2) is 0 Å². The van der Waals surface area contributed by atoms with Gasteiger partial charge in [0.05, 0.1) is 11.2 Å². The van der Waals surface area contributed by atoms with Crippen LogP contribution in [0.5, 0.6) is 0 Å². The van der Waals surface area contributed by atoms with Crippen LogP contribution in [-0.2, 0) is 7.05 Å². The number of nitrogen functional groups attached to an aromatic ring is 1. The first kappa shape index (κ1) is 10.6. The third-order valence-electron chi connectivity index (χ3n) is 3.00. The highest BCUT2D eigenvalue weighted by Gasteiger charge is 2.15. The summed E-state index contributed by atoms with van der Waals surface area (Å²) >= 11 is 0. The number of carbonyl (C=O) groups excluding carboxylic acids is 1. The lowest BCUT2D eigenvalue weighted by Crippen LogP contribution is -2.15. The standard InChI is InChI=1S/C13H12N4O/c1-16-11(5-7-15-16)13(18)17-8-6-9-3-2-4-10(14)12(9)17/h2-8H,14H2,1H3. The van der Waals surface area contributed by atoms with E-state index in [1.54, 1.807) is 40.8 Å². The van der Waals surface area contributed by atoms with Gasteiger partial charge in [-0.05, 0) is 18.2 Å². The number of carbonyl (C=O) groups is 1. The van der Waals surface area contributed by atoms with E-state index in [1.165, 1.54) is 0 Å². The predicted octanol–water partition coefficient (Wildman–Crippen LogP) is 1.65. The van der Waals surface area contributed by atoms with Crippen molar-refractivity contribution in [1.29, 1.82) is 0 Å². The molecule has 0 unspecified atom stereocenters. The SMILES string of the molecule is Cn1nccc1C(=O)n1ccc2cccc(N)c21. The van der Waals surface area contributed by atoms with E-state index in [9.17, 15) is 4.79 Å². The normalized spacial score (nSPS) is 10.9. The Kier molecular flexibility index (Phi) is 2.19. The monoisotopic (exact) mass is 240 g/mol. The van der Waals surface area contributed by atoms with Gasteiger partial charge >= 0.3 is 0 Å². The highest BCUT2D eigenvalue weighted by Crippen LogP contribution is 2.22. The Hall–Kier alpha value is -2.56. The van der Waals surface area contributed by atoms with Gasteiger partial charge in [-0.15, -0.1) is 0 Å². The van der Waals surface area contributed by atoms with Gasteiger partial charge in [0.25, 0.3) is 5.91 Å². The largest absolute Gasteiger partial charge is 0.397 e. The van der Waals surface area contributed by atoms with E-state index in [2.05, 4.69) is 5.10 Å². The van der Waals surface area contributed by atoms with E-state index in [0.29, 0.717) is 11.4 Å². The molecular formula is C13H12N4O. The van der Waals surface area contributed by atoms with E-state index in [4.69, 9.17) is 5.73 Å². The third-order valence-corrected chi connectivity index (χ3v) is 3.00. The first-order valence-electron chi connectivity index (χ1n) is 5.57. The quantitative estimate of drug-likeness (QED) is 0.658. The molecule has 0 atom stereocenters. The zero-order valence-electron chi connectivity index (χ0n) is 9.87. The predicted molar refractivity (Wildman–Crippen MR) is 69.3 cm³/mol. The molecule has 0 saturated heterocycles. The molecule has 2 N–H and O–H groups in total. The van der Waals surface area contributed by atoms with Crippen molar-refractivity contribution in [3.05, 3.63) is 48.4 Å². The highest BCUT2D eigenvalue weighted by atomic mass is 16.2. The van der Waals surface area contributed by atoms with Crippen molar-refractivity contribution in [2.24, 2.45) is 7.05 Å². The molecule has 0 saturated carbocycles. The summed E-state index contributed by atoms with van der Waals surface area (Å²) in [6.45, 7) is 0. The van der Waals surface area contributed by atoms with Crippen molar-refractivity contribution in [3.8, 4) is 0 Å². The Balaban J connectivity index is 2.22. The number of anilines is 1. The Morgan fingerprint density at radius 3 is 2.83 bits per heavy atom. The first-order valence-corrected chi connectivity index (χ1v) is 5.57. The second kappa shape index (κ2) is 3.73. The molecular weight excluding hydrogens is 228 g/mol. The van der Waals surface area contributed by atoms with Crippen molar-refractivity contribution < 1.29 is 4.79 Å². The number of benzene rings is 1. The lowest BCUT2D eigenvalue weighted by Gasteiger charge is -2.06. The minimum atomic E-state index is -0.136. The minimum Gasteiger partial charge on any atom is -0.397 e. The fourth-order valence-corrected chi connectivity index (χ4v) is 2.10. The average Bonchev–Trinajstić information content (AvgIpc) is 2.95. The van der Waals surface area contributed by atoms with Crippen LogP contribution in [0.15, 0.2) is 42.7 Å². The second-order valence-electron chi connectivity index (χ2n) is 4.12. The summed E-state index contributed by atoms with van der Waals surface area (Å²) in [6, 6.07) is 9.15. The Morgan fingerprint density at radius 2 is 2.11 bits per heavy atom. The van der Waals surface area contributed by atoms with Crippen LogP contribution in [0.1, 0.15) is 10.5 Å². The Bertz CT molecular complexity index is 738. The lowest BCUT2D eigenvalue weighted by molar-refractivity contribution is 0.0956. The van der Waals surface area contributed by atoms with Crippen LogP contribution >= 0.6 is 0 Å². The van der Waals surface area contributed by atoms with Gasteiger partial charge in [0.1, 0.15) is 5.69 Å². The minimum absolute atomic E-state index is 0.136. The van der Waals surface area contributed by atoms with E-state index in [1.807, 2.05) is 18.2 Å². The summed E-state index contributed by atoms with van der Waals surface area (Å²) in [5.41, 5.74) is 7.79. The topological polar surface area (TPSA) is 65.8 Å². The average molecular weight is 240 g/mol. The highest BCUT2D eigenvalue weighted by molar-refractivity contribution is 6.04. The molecule has 0 spiro atoms. The third kappa shape index (κ3) is 1.41. The number of nitrogens with two attached hydrogens (primary N) is 1. The van der Waals surface area contributed by atoms with E-state index < -0.39 is 0 Å². The molecule has 0 aliphatic carbocycles. The van der Waals surface area contributed by atoms with Crippen LogP contribution in [0.4, 0.5) is 5.69 Å². The molecule has 0 fully saturated rings. The smallest absolute Gasteiger partial charge is 0.280 e. The van der Waals surface area contributed by atoms with E-state index in [0.717, 1.165) is 10.9 Å². The first-order chi connectivity index (χ1) is 8.68. The van der Waals surface area contributed by atoms with Gasteiger partial charge in [-0.2, -0.15) is 5.10 Å². The maximum absolute atomic E-state index is 12.4. The lowest BCUT2D eigenvalue weighted by atomic mass is 10.2. The summed E-state index contributed by atoms with van der Waals surface area (Å²) in [7, 11) is 1.74. The molecule has 0 bridgehead atoms. The number of para-hydroxylation sites is 1. The molecule has 90 valence electrons. The number of nitrogens with zero attached hydrogens (tertiary/aromatic N) is 3. The summed E-state index contributed by atoms with van der Waals surface area (Å²) in [5, 5.41) is 4.95. The van der Waals surface area contributed by atoms with Crippen molar-refractivity contribution in [3.63, 3.8) is 0 Å². The Labute approximate surface area is 103 Å². The second-order valence-corrected chi connectivity index (χ2v) is 4.12. The fraction of sp³-hybridized carbons (Fsp3) is 0.0769. The summed E-state index contributed by atoms with van der Waals surface area (Å²) < 4.78 is 3.11. The molecule has 5 nitrogen and oxygen atoms in total. The molecule has 0 aliphatic heterocycles. The van der Waals surface area contributed by atoms with Gasteiger partial charge in [0.15, 0.2) is 0 Å². The Morgan fingerprint density at radius 1 is 1.28 bits per heavy atom. The van der Waals surface area contributed by atoms with E-state index in [-0.39, 0.29) is 5.91 Å². The molecule has 0 radical (unpaired) electrons. The van der Waals surface area contributed by atoms with Crippen molar-refractivity contribution in [2.45, 2.75) is 0 Å². The molecule has 2 heterocycles. The molecule has 0 amide bonds. The van der Waals surface area contributed by atoms with Crippen LogP contribution in [0, 0.1) is 0 Å². The number of rotatable bonds is 1. The van der Waals surface area contributed by atoms with Crippen LogP contribution in [-0.4, -0.2) is 20.3 Å². The van der Waals surface area contributed by atoms with Gasteiger partial charge in [-0.3, -0.25) is 14.0 Å². The van der Waals surface area contributed by atoms with Crippen molar-refractivity contribution >= 4 is 22.5 Å².